The molecular formula is C13H17ClN2O3S. The molecule has 5 nitrogen and oxygen atoms in total. The second-order valence-electron chi connectivity index (χ2n) is 4.73. The molecule has 2 heterocycles. The third-order valence-electron chi connectivity index (χ3n) is 3.17. The van der Waals surface area contributed by atoms with E-state index >= 15 is 0 Å². The molecule has 1 aromatic rings. The summed E-state index contributed by atoms with van der Waals surface area (Å²) in [5, 5.41) is 12.5. The standard InChI is InChI=1S/C13H17ClN2O3S/c14-11-5-4-10(20-11)9(17)7-15-12(18)8-16-6-2-1-3-13(16)19/h4-5,9,17H,1-3,6-8H2,(H,15,18)/t9-/m1/s1. The number of halogens is 1. The Morgan fingerprint density at radius 1 is 1.50 bits per heavy atom. The lowest BCUT2D eigenvalue weighted by Gasteiger charge is -2.26. The summed E-state index contributed by atoms with van der Waals surface area (Å²) in [6, 6.07) is 3.44. The molecule has 0 aromatic carbocycles. The molecular weight excluding hydrogens is 300 g/mol. The molecule has 110 valence electrons. The third-order valence-corrected chi connectivity index (χ3v) is 4.50. The highest BCUT2D eigenvalue weighted by Crippen LogP contribution is 2.26. The maximum Gasteiger partial charge on any atom is 0.239 e. The van der Waals surface area contributed by atoms with Gasteiger partial charge in [0.1, 0.15) is 6.10 Å². The minimum absolute atomic E-state index is 0.0250. The molecule has 2 amide bonds. The van der Waals surface area contributed by atoms with Crippen molar-refractivity contribution in [3.63, 3.8) is 0 Å². The highest BCUT2D eigenvalue weighted by Gasteiger charge is 2.20. The van der Waals surface area contributed by atoms with E-state index in [2.05, 4.69) is 5.32 Å². The van der Waals surface area contributed by atoms with Crippen LogP contribution in [0.3, 0.4) is 0 Å². The number of piperidine rings is 1. The largest absolute Gasteiger partial charge is 0.386 e. The molecule has 0 unspecified atom stereocenters. The lowest BCUT2D eigenvalue weighted by Crippen LogP contribution is -2.43. The number of aliphatic hydroxyl groups is 1. The summed E-state index contributed by atoms with van der Waals surface area (Å²) in [5.74, 6) is -0.223. The fourth-order valence-electron chi connectivity index (χ4n) is 2.08. The van der Waals surface area contributed by atoms with Crippen molar-refractivity contribution >= 4 is 34.8 Å². The van der Waals surface area contributed by atoms with E-state index in [9.17, 15) is 14.7 Å². The fraction of sp³-hybridized carbons (Fsp3) is 0.538. The number of hydrogen-bond acceptors (Lipinski definition) is 4. The molecule has 1 fully saturated rings. The topological polar surface area (TPSA) is 69.6 Å². The Morgan fingerprint density at radius 3 is 2.95 bits per heavy atom. The minimum Gasteiger partial charge on any atom is -0.386 e. The summed E-state index contributed by atoms with van der Waals surface area (Å²) in [4.78, 5) is 25.6. The van der Waals surface area contributed by atoms with Crippen LogP contribution in [0, 0.1) is 0 Å². The van der Waals surface area contributed by atoms with Gasteiger partial charge in [-0.15, -0.1) is 11.3 Å². The van der Waals surface area contributed by atoms with Gasteiger partial charge in [0.15, 0.2) is 0 Å². The molecule has 1 atom stereocenters. The summed E-state index contributed by atoms with van der Waals surface area (Å²) in [6.45, 7) is 0.823. The lowest BCUT2D eigenvalue weighted by molar-refractivity contribution is -0.137. The number of amides is 2. The third kappa shape index (κ3) is 4.19. The molecule has 1 aliphatic rings. The molecule has 0 bridgehead atoms. The number of likely N-dealkylation sites (tertiary alicyclic amines) is 1. The van der Waals surface area contributed by atoms with Crippen LogP contribution in [-0.4, -0.2) is 41.5 Å². The molecule has 7 heteroatoms. The first-order valence-corrected chi connectivity index (χ1v) is 7.73. The van der Waals surface area contributed by atoms with Gasteiger partial charge in [0, 0.05) is 24.4 Å². The van der Waals surface area contributed by atoms with E-state index in [0.29, 0.717) is 22.2 Å². The molecule has 2 rings (SSSR count). The van der Waals surface area contributed by atoms with E-state index < -0.39 is 6.10 Å². The minimum atomic E-state index is -0.770. The maximum absolute atomic E-state index is 11.8. The van der Waals surface area contributed by atoms with Crippen molar-refractivity contribution < 1.29 is 14.7 Å². The van der Waals surface area contributed by atoms with Crippen LogP contribution in [0.1, 0.15) is 30.2 Å². The van der Waals surface area contributed by atoms with Gasteiger partial charge in [-0.1, -0.05) is 11.6 Å². The van der Waals surface area contributed by atoms with Crippen LogP contribution in [0.4, 0.5) is 0 Å². The fourth-order valence-corrected chi connectivity index (χ4v) is 3.12. The van der Waals surface area contributed by atoms with Crippen LogP contribution in [0.15, 0.2) is 12.1 Å². The van der Waals surface area contributed by atoms with E-state index in [1.54, 1.807) is 17.0 Å². The van der Waals surface area contributed by atoms with Crippen molar-refractivity contribution in [2.45, 2.75) is 25.4 Å². The highest BCUT2D eigenvalue weighted by atomic mass is 35.5. The van der Waals surface area contributed by atoms with Crippen LogP contribution in [-0.2, 0) is 9.59 Å². The van der Waals surface area contributed by atoms with Crippen LogP contribution >= 0.6 is 22.9 Å². The number of nitrogens with one attached hydrogen (secondary N) is 1. The van der Waals surface area contributed by atoms with E-state index in [0.717, 1.165) is 12.8 Å². The predicted octanol–water partition coefficient (Wildman–Crippen LogP) is 1.56. The summed E-state index contributed by atoms with van der Waals surface area (Å²) in [5.41, 5.74) is 0. The number of rotatable bonds is 5. The zero-order valence-electron chi connectivity index (χ0n) is 11.0. The van der Waals surface area contributed by atoms with Gasteiger partial charge < -0.3 is 15.3 Å². The Balaban J connectivity index is 1.76. The molecule has 0 aliphatic carbocycles. The van der Waals surface area contributed by atoms with E-state index in [1.807, 2.05) is 0 Å². The Bertz CT molecular complexity index is 492. The van der Waals surface area contributed by atoms with Gasteiger partial charge in [0.05, 0.1) is 10.9 Å². The van der Waals surface area contributed by atoms with Gasteiger partial charge in [-0.2, -0.15) is 0 Å². The van der Waals surface area contributed by atoms with E-state index in [1.165, 1.54) is 11.3 Å². The van der Waals surface area contributed by atoms with Crippen molar-refractivity contribution in [2.75, 3.05) is 19.6 Å². The van der Waals surface area contributed by atoms with Crippen molar-refractivity contribution in [1.82, 2.24) is 10.2 Å². The van der Waals surface area contributed by atoms with Gasteiger partial charge in [0.2, 0.25) is 11.8 Å². The quantitative estimate of drug-likeness (QED) is 0.866. The van der Waals surface area contributed by atoms with Crippen molar-refractivity contribution in [3.05, 3.63) is 21.3 Å². The molecule has 2 N–H and O–H groups in total. The zero-order chi connectivity index (χ0) is 14.5. The highest BCUT2D eigenvalue weighted by molar-refractivity contribution is 7.16. The van der Waals surface area contributed by atoms with Crippen LogP contribution in [0.5, 0.6) is 0 Å². The van der Waals surface area contributed by atoms with Gasteiger partial charge in [-0.25, -0.2) is 0 Å². The monoisotopic (exact) mass is 316 g/mol. The Hall–Kier alpha value is -1.11. The summed E-state index contributed by atoms with van der Waals surface area (Å²) >= 11 is 7.07. The van der Waals surface area contributed by atoms with Gasteiger partial charge in [-0.05, 0) is 25.0 Å². The van der Waals surface area contributed by atoms with Crippen molar-refractivity contribution in [1.29, 1.82) is 0 Å². The summed E-state index contributed by atoms with van der Waals surface area (Å²) in [7, 11) is 0. The first-order chi connectivity index (χ1) is 9.56. The zero-order valence-corrected chi connectivity index (χ0v) is 12.5. The molecule has 0 spiro atoms. The molecule has 1 aromatic heterocycles. The molecule has 20 heavy (non-hydrogen) atoms. The number of nitrogens with zero attached hydrogens (tertiary/aromatic N) is 1. The van der Waals surface area contributed by atoms with Crippen molar-refractivity contribution in [2.24, 2.45) is 0 Å². The van der Waals surface area contributed by atoms with Gasteiger partial charge in [0.25, 0.3) is 0 Å². The number of carbonyl (C=O) groups is 2. The number of thiophene rings is 1. The smallest absolute Gasteiger partial charge is 0.239 e. The second kappa shape index (κ2) is 7.06. The Morgan fingerprint density at radius 2 is 2.30 bits per heavy atom. The number of aliphatic hydroxyl groups excluding tert-OH is 1. The molecule has 0 radical (unpaired) electrons. The first-order valence-electron chi connectivity index (χ1n) is 6.54. The Labute approximate surface area is 126 Å². The normalized spacial score (nSPS) is 17.1. The summed E-state index contributed by atoms with van der Waals surface area (Å²) in [6.07, 6.45) is 1.59. The average Bonchev–Trinajstić information content (AvgIpc) is 2.85. The molecule has 1 aliphatic heterocycles. The Kier molecular flexibility index (Phi) is 5.39. The van der Waals surface area contributed by atoms with E-state index in [4.69, 9.17) is 11.6 Å². The number of carbonyl (C=O) groups excluding carboxylic acids is 2. The summed E-state index contributed by atoms with van der Waals surface area (Å²) < 4.78 is 0.601. The van der Waals surface area contributed by atoms with Gasteiger partial charge >= 0.3 is 0 Å². The van der Waals surface area contributed by atoms with Crippen LogP contribution in [0.25, 0.3) is 0 Å². The lowest BCUT2D eigenvalue weighted by atomic mass is 10.1. The average molecular weight is 317 g/mol. The number of hydrogen-bond donors (Lipinski definition) is 2. The van der Waals surface area contributed by atoms with E-state index in [-0.39, 0.29) is 24.9 Å². The van der Waals surface area contributed by atoms with Crippen LogP contribution < -0.4 is 5.32 Å². The van der Waals surface area contributed by atoms with Crippen LogP contribution in [0.2, 0.25) is 4.34 Å². The molecule has 1 saturated heterocycles. The maximum atomic E-state index is 11.8. The van der Waals surface area contributed by atoms with Gasteiger partial charge in [-0.3, -0.25) is 9.59 Å². The SMILES string of the molecule is O=C(CN1CCCCC1=O)NC[C@@H](O)c1ccc(Cl)s1. The molecule has 0 saturated carbocycles. The predicted molar refractivity (Wildman–Crippen MR) is 77.7 cm³/mol. The second-order valence-corrected chi connectivity index (χ2v) is 6.48. The van der Waals surface area contributed by atoms with Crippen molar-refractivity contribution in [3.8, 4) is 0 Å². The first kappa shape index (κ1) is 15.3.